The van der Waals surface area contributed by atoms with Crippen LogP contribution in [0, 0.1) is 0 Å². The molecular formula is C32H36O13. The summed E-state index contributed by atoms with van der Waals surface area (Å²) in [5.74, 6) is -3.37. The van der Waals surface area contributed by atoms with Gasteiger partial charge >= 0.3 is 5.97 Å². The Kier molecular flexibility index (Phi) is 11.2. The van der Waals surface area contributed by atoms with Crippen molar-refractivity contribution in [1.29, 1.82) is 0 Å². The van der Waals surface area contributed by atoms with Gasteiger partial charge in [-0.1, -0.05) is 24.3 Å². The standard InChI is InChI=1S/C32H36O13/c33-20-7-1-17(2-8-20)5-11-22(35)15-23(12-6-18-3-9-21(34)10-4-18)44-32-30(41)29(40)28(39)26(45-32)16-43-31(42)19-13-24(36)27(38)25(37)14-19/h1-4,7-10,13-14,23,26,28-30,32-34,36-41H,5-6,11-12,15-16H2/t23-,26+,28+,29-,30+,32+/m0/s1. The van der Waals surface area contributed by atoms with Crippen LogP contribution >= 0.6 is 0 Å². The normalized spacial score (nSPS) is 22.1. The lowest BCUT2D eigenvalue weighted by Gasteiger charge is -2.41. The van der Waals surface area contributed by atoms with Crippen molar-refractivity contribution in [2.45, 2.75) is 68.9 Å². The van der Waals surface area contributed by atoms with E-state index in [0.29, 0.717) is 12.8 Å². The number of aryl methyl sites for hydroxylation is 2. The fourth-order valence-corrected chi connectivity index (χ4v) is 4.83. The van der Waals surface area contributed by atoms with Crippen LogP contribution in [0.4, 0.5) is 0 Å². The maximum absolute atomic E-state index is 13.0. The highest BCUT2D eigenvalue weighted by Gasteiger charge is 2.45. The number of esters is 1. The molecule has 1 heterocycles. The lowest BCUT2D eigenvalue weighted by molar-refractivity contribution is -0.311. The fraction of sp³-hybridized carbons (Fsp3) is 0.375. The number of aliphatic hydroxyl groups excluding tert-OH is 3. The number of phenolic OH excluding ortho intramolecular Hbond substituents is 5. The molecule has 13 heteroatoms. The second-order valence-electron chi connectivity index (χ2n) is 10.8. The molecular weight excluding hydrogens is 592 g/mol. The summed E-state index contributed by atoms with van der Waals surface area (Å²) in [7, 11) is 0. The highest BCUT2D eigenvalue weighted by Crippen LogP contribution is 2.35. The quantitative estimate of drug-likeness (QED) is 0.1000. The molecule has 3 aromatic carbocycles. The fourth-order valence-electron chi connectivity index (χ4n) is 4.83. The summed E-state index contributed by atoms with van der Waals surface area (Å²) < 4.78 is 16.8. The molecule has 0 amide bonds. The van der Waals surface area contributed by atoms with Gasteiger partial charge in [0, 0.05) is 12.8 Å². The van der Waals surface area contributed by atoms with Crippen LogP contribution in [0.1, 0.15) is 40.7 Å². The Labute approximate surface area is 258 Å². The van der Waals surface area contributed by atoms with Crippen LogP contribution in [-0.2, 0) is 31.8 Å². The van der Waals surface area contributed by atoms with Gasteiger partial charge in [-0.05, 0) is 66.8 Å². The van der Waals surface area contributed by atoms with Crippen LogP contribution in [0.3, 0.4) is 0 Å². The summed E-state index contributed by atoms with van der Waals surface area (Å²) in [5, 5.41) is 79.6. The van der Waals surface area contributed by atoms with E-state index in [0.717, 1.165) is 23.3 Å². The van der Waals surface area contributed by atoms with E-state index < -0.39 is 66.6 Å². The molecule has 0 aliphatic carbocycles. The van der Waals surface area contributed by atoms with Gasteiger partial charge in [-0.3, -0.25) is 4.79 Å². The van der Waals surface area contributed by atoms with E-state index >= 15 is 0 Å². The first-order valence-electron chi connectivity index (χ1n) is 14.3. The number of hydrogen-bond donors (Lipinski definition) is 8. The smallest absolute Gasteiger partial charge is 0.338 e. The van der Waals surface area contributed by atoms with E-state index in [-0.39, 0.29) is 42.1 Å². The average Bonchev–Trinajstić information content (AvgIpc) is 3.02. The van der Waals surface area contributed by atoms with Gasteiger partial charge < -0.3 is 55.1 Å². The second kappa shape index (κ2) is 15.1. The zero-order chi connectivity index (χ0) is 32.7. The number of hydrogen-bond acceptors (Lipinski definition) is 13. The molecule has 0 unspecified atom stereocenters. The predicted octanol–water partition coefficient (Wildman–Crippen LogP) is 1.79. The summed E-state index contributed by atoms with van der Waals surface area (Å²) in [6, 6.07) is 14.6. The second-order valence-corrected chi connectivity index (χ2v) is 10.8. The third kappa shape index (κ3) is 9.06. The first-order chi connectivity index (χ1) is 21.4. The Morgan fingerprint density at radius 2 is 1.31 bits per heavy atom. The minimum Gasteiger partial charge on any atom is -0.508 e. The van der Waals surface area contributed by atoms with Gasteiger partial charge in [0.2, 0.25) is 0 Å². The third-order valence-electron chi connectivity index (χ3n) is 7.45. The molecule has 6 atom stereocenters. The van der Waals surface area contributed by atoms with Gasteiger partial charge in [0.1, 0.15) is 48.3 Å². The number of aliphatic hydroxyl groups is 3. The van der Waals surface area contributed by atoms with Crippen LogP contribution in [0.5, 0.6) is 28.7 Å². The number of rotatable bonds is 13. The van der Waals surface area contributed by atoms with E-state index in [1.54, 1.807) is 24.3 Å². The first kappa shape index (κ1) is 33.5. The largest absolute Gasteiger partial charge is 0.508 e. The Morgan fingerprint density at radius 1 is 0.756 bits per heavy atom. The van der Waals surface area contributed by atoms with E-state index in [2.05, 4.69) is 0 Å². The van der Waals surface area contributed by atoms with Crippen LogP contribution in [0.15, 0.2) is 60.7 Å². The topological polar surface area (TPSA) is 224 Å². The summed E-state index contributed by atoms with van der Waals surface area (Å²) in [6.45, 7) is -0.629. The van der Waals surface area contributed by atoms with Crippen molar-refractivity contribution >= 4 is 11.8 Å². The first-order valence-corrected chi connectivity index (χ1v) is 14.3. The molecule has 45 heavy (non-hydrogen) atoms. The highest BCUT2D eigenvalue weighted by molar-refractivity contribution is 5.91. The zero-order valence-electron chi connectivity index (χ0n) is 24.1. The minimum absolute atomic E-state index is 0.0745. The number of benzene rings is 3. The molecule has 1 fully saturated rings. The number of carbonyl (C=O) groups excluding carboxylic acids is 2. The molecule has 8 N–H and O–H groups in total. The number of ketones is 1. The van der Waals surface area contributed by atoms with Crippen LogP contribution in [0.2, 0.25) is 0 Å². The summed E-state index contributed by atoms with van der Waals surface area (Å²) >= 11 is 0. The summed E-state index contributed by atoms with van der Waals surface area (Å²) in [4.78, 5) is 25.5. The van der Waals surface area contributed by atoms with E-state index in [1.165, 1.54) is 24.3 Å². The van der Waals surface area contributed by atoms with E-state index in [9.17, 15) is 50.4 Å². The average molecular weight is 629 g/mol. The maximum atomic E-state index is 13.0. The van der Waals surface area contributed by atoms with Crippen molar-refractivity contribution in [2.75, 3.05) is 6.61 Å². The Hall–Kier alpha value is -4.40. The predicted molar refractivity (Wildman–Crippen MR) is 156 cm³/mol. The number of Topliss-reactive ketones (excluding diaryl/α,β-unsaturated/α-hetero) is 1. The Morgan fingerprint density at radius 3 is 1.89 bits per heavy atom. The molecule has 1 saturated heterocycles. The van der Waals surface area contributed by atoms with Crippen molar-refractivity contribution in [2.24, 2.45) is 0 Å². The van der Waals surface area contributed by atoms with Gasteiger partial charge in [-0.2, -0.15) is 0 Å². The lowest BCUT2D eigenvalue weighted by atomic mass is 9.98. The van der Waals surface area contributed by atoms with Crippen molar-refractivity contribution in [3.8, 4) is 28.7 Å². The summed E-state index contributed by atoms with van der Waals surface area (Å²) in [6.07, 6.45) is -7.67. The Bertz CT molecular complexity index is 1420. The third-order valence-corrected chi connectivity index (χ3v) is 7.45. The van der Waals surface area contributed by atoms with Crippen LogP contribution < -0.4 is 0 Å². The van der Waals surface area contributed by atoms with Gasteiger partial charge in [0.25, 0.3) is 0 Å². The highest BCUT2D eigenvalue weighted by atomic mass is 16.7. The van der Waals surface area contributed by atoms with Crippen molar-refractivity contribution in [3.63, 3.8) is 0 Å². The molecule has 4 rings (SSSR count). The SMILES string of the molecule is O=C(CCc1ccc(O)cc1)C[C@H](CCc1ccc(O)cc1)O[C@@H]1O[C@H](COC(=O)c2cc(O)c(O)c(O)c2)[C@@H](O)[C@H](O)[C@H]1O. The molecule has 3 aromatic rings. The van der Waals surface area contributed by atoms with Crippen molar-refractivity contribution in [3.05, 3.63) is 77.4 Å². The number of aromatic hydroxyl groups is 5. The van der Waals surface area contributed by atoms with Crippen molar-refractivity contribution < 1.29 is 64.7 Å². The minimum atomic E-state index is -1.77. The Balaban J connectivity index is 1.42. The van der Waals surface area contributed by atoms with Crippen molar-refractivity contribution in [1.82, 2.24) is 0 Å². The van der Waals surface area contributed by atoms with E-state index in [4.69, 9.17) is 14.2 Å². The van der Waals surface area contributed by atoms with Crippen LogP contribution in [0.25, 0.3) is 0 Å². The number of ether oxygens (including phenoxy) is 3. The number of carbonyl (C=O) groups is 2. The van der Waals surface area contributed by atoms with Gasteiger partial charge in [0.15, 0.2) is 23.5 Å². The molecule has 0 saturated carbocycles. The molecule has 1 aliphatic rings. The lowest BCUT2D eigenvalue weighted by Crippen LogP contribution is -2.60. The molecule has 13 nitrogen and oxygen atoms in total. The number of phenols is 5. The van der Waals surface area contributed by atoms with Crippen LogP contribution in [-0.4, -0.2) is 96.0 Å². The van der Waals surface area contributed by atoms with E-state index in [1.807, 2.05) is 0 Å². The maximum Gasteiger partial charge on any atom is 0.338 e. The monoisotopic (exact) mass is 628 g/mol. The molecule has 0 aromatic heterocycles. The van der Waals surface area contributed by atoms with Gasteiger partial charge in [0.05, 0.1) is 11.7 Å². The van der Waals surface area contributed by atoms with Gasteiger partial charge in [-0.15, -0.1) is 0 Å². The zero-order valence-corrected chi connectivity index (χ0v) is 24.1. The molecule has 0 spiro atoms. The molecule has 0 radical (unpaired) electrons. The molecule has 242 valence electrons. The molecule has 0 bridgehead atoms. The summed E-state index contributed by atoms with van der Waals surface area (Å²) in [5.41, 5.74) is 1.37. The molecule has 1 aliphatic heterocycles. The van der Waals surface area contributed by atoms with Gasteiger partial charge in [-0.25, -0.2) is 4.79 Å².